The molecule has 0 radical (unpaired) electrons. The first-order valence-corrected chi connectivity index (χ1v) is 9.88. The van der Waals surface area contributed by atoms with Gasteiger partial charge in [0.25, 0.3) is 0 Å². The Morgan fingerprint density at radius 1 is 0.786 bits per heavy atom. The number of hydrogen-bond acceptors (Lipinski definition) is 5. The molecule has 4 rings (SSSR count). The highest BCUT2D eigenvalue weighted by molar-refractivity contribution is 5.54. The van der Waals surface area contributed by atoms with Crippen LogP contribution in [-0.4, -0.2) is 39.9 Å². The Kier molecular flexibility index (Phi) is 5.11. The molecule has 0 aliphatic carbocycles. The second kappa shape index (κ2) is 7.55. The van der Waals surface area contributed by atoms with Gasteiger partial charge in [-0.1, -0.05) is 6.92 Å². The van der Waals surface area contributed by atoms with E-state index < -0.39 is 0 Å². The second-order valence-corrected chi connectivity index (χ2v) is 7.49. The van der Waals surface area contributed by atoms with Gasteiger partial charge in [-0.25, -0.2) is 0 Å². The summed E-state index contributed by atoms with van der Waals surface area (Å²) < 4.78 is 22.3. The minimum Gasteiger partial charge on any atom is -0.493 e. The first-order valence-electron chi connectivity index (χ1n) is 9.88. The molecule has 0 spiro atoms. The summed E-state index contributed by atoms with van der Waals surface area (Å²) in [6.07, 6.45) is 2.07. The number of rotatable bonds is 5. The van der Waals surface area contributed by atoms with Crippen LogP contribution >= 0.6 is 0 Å². The maximum absolute atomic E-state index is 5.61. The van der Waals surface area contributed by atoms with Gasteiger partial charge in [-0.2, -0.15) is 0 Å². The number of benzene rings is 2. The van der Waals surface area contributed by atoms with Gasteiger partial charge in [-0.3, -0.25) is 4.90 Å². The normalized spacial score (nSPS) is 20.6. The van der Waals surface area contributed by atoms with Gasteiger partial charge >= 0.3 is 0 Å². The van der Waals surface area contributed by atoms with Crippen molar-refractivity contribution >= 4 is 0 Å². The molecule has 0 amide bonds. The summed E-state index contributed by atoms with van der Waals surface area (Å²) in [5.74, 6) is 3.61. The molecule has 2 aliphatic rings. The van der Waals surface area contributed by atoms with Crippen LogP contribution in [0.3, 0.4) is 0 Å². The van der Waals surface area contributed by atoms with Gasteiger partial charge in [0.15, 0.2) is 23.0 Å². The molecule has 28 heavy (non-hydrogen) atoms. The van der Waals surface area contributed by atoms with Crippen molar-refractivity contribution in [3.63, 3.8) is 0 Å². The van der Waals surface area contributed by atoms with E-state index >= 15 is 0 Å². The molecule has 150 valence electrons. The smallest absolute Gasteiger partial charge is 0.161 e. The van der Waals surface area contributed by atoms with Gasteiger partial charge in [0.2, 0.25) is 0 Å². The zero-order valence-corrected chi connectivity index (χ0v) is 17.4. The summed E-state index contributed by atoms with van der Waals surface area (Å²) in [7, 11) is 6.80. The van der Waals surface area contributed by atoms with Gasteiger partial charge in [-0.15, -0.1) is 0 Å². The quantitative estimate of drug-likeness (QED) is 0.769. The SMILES string of the molecule is CCC1c2cc(OC)c(OC)cc2CN2CCc3cc(OC)c(OC)cc3C12. The fraction of sp³-hybridized carbons (Fsp3) is 0.478. The molecule has 5 heteroatoms. The highest BCUT2D eigenvalue weighted by Gasteiger charge is 2.39. The Morgan fingerprint density at radius 2 is 1.32 bits per heavy atom. The van der Waals surface area contributed by atoms with E-state index in [0.29, 0.717) is 12.0 Å². The van der Waals surface area contributed by atoms with Crippen LogP contribution in [-0.2, 0) is 13.0 Å². The predicted molar refractivity (Wildman–Crippen MR) is 109 cm³/mol. The molecule has 2 unspecified atom stereocenters. The maximum atomic E-state index is 5.61. The van der Waals surface area contributed by atoms with Crippen LogP contribution in [0.15, 0.2) is 24.3 Å². The lowest BCUT2D eigenvalue weighted by molar-refractivity contribution is 0.130. The van der Waals surface area contributed by atoms with Crippen LogP contribution in [0.5, 0.6) is 23.0 Å². The van der Waals surface area contributed by atoms with Crippen molar-refractivity contribution in [3.8, 4) is 23.0 Å². The van der Waals surface area contributed by atoms with E-state index in [1.165, 1.54) is 22.3 Å². The van der Waals surface area contributed by atoms with Crippen LogP contribution < -0.4 is 18.9 Å². The molecule has 2 aliphatic heterocycles. The first kappa shape index (κ1) is 18.9. The van der Waals surface area contributed by atoms with E-state index in [4.69, 9.17) is 18.9 Å². The number of hydrogen-bond donors (Lipinski definition) is 0. The number of nitrogens with zero attached hydrogens (tertiary/aromatic N) is 1. The van der Waals surface area contributed by atoms with Crippen LogP contribution in [0.4, 0.5) is 0 Å². The Balaban J connectivity index is 1.84. The fourth-order valence-corrected chi connectivity index (χ4v) is 4.93. The van der Waals surface area contributed by atoms with E-state index in [1.807, 2.05) is 0 Å². The summed E-state index contributed by atoms with van der Waals surface area (Å²) >= 11 is 0. The molecular formula is C23H29NO4. The Morgan fingerprint density at radius 3 is 1.89 bits per heavy atom. The molecule has 2 aromatic rings. The molecule has 2 heterocycles. The third-order valence-corrected chi connectivity index (χ3v) is 6.27. The summed E-state index contributed by atoms with van der Waals surface area (Å²) in [6, 6.07) is 8.99. The first-order chi connectivity index (χ1) is 13.6. The molecule has 0 fully saturated rings. The highest BCUT2D eigenvalue weighted by Crippen LogP contribution is 2.51. The molecule has 0 bridgehead atoms. The largest absolute Gasteiger partial charge is 0.493 e. The average Bonchev–Trinajstić information content (AvgIpc) is 2.75. The van der Waals surface area contributed by atoms with E-state index in [2.05, 4.69) is 36.1 Å². The van der Waals surface area contributed by atoms with E-state index in [0.717, 1.165) is 48.9 Å². The molecular weight excluding hydrogens is 354 g/mol. The monoisotopic (exact) mass is 383 g/mol. The van der Waals surface area contributed by atoms with E-state index in [1.54, 1.807) is 28.4 Å². The average molecular weight is 383 g/mol. The van der Waals surface area contributed by atoms with Gasteiger partial charge in [0.05, 0.1) is 28.4 Å². The lowest BCUT2D eigenvalue weighted by atomic mass is 9.75. The van der Waals surface area contributed by atoms with Crippen molar-refractivity contribution in [1.29, 1.82) is 0 Å². The lowest BCUT2D eigenvalue weighted by Crippen LogP contribution is -2.41. The standard InChI is InChI=1S/C23H29NO4/c1-6-16-17-11-21(27-4)20(26-3)10-15(17)13-24-8-7-14-9-19(25-2)22(28-5)12-18(14)23(16)24/h9-12,16,23H,6-8,13H2,1-5H3. The summed E-state index contributed by atoms with van der Waals surface area (Å²) in [4.78, 5) is 2.59. The summed E-state index contributed by atoms with van der Waals surface area (Å²) in [5, 5.41) is 0. The zero-order chi connectivity index (χ0) is 19.8. The molecule has 0 saturated heterocycles. The van der Waals surface area contributed by atoms with Crippen LogP contribution in [0, 0.1) is 0 Å². The minimum atomic E-state index is 0.333. The second-order valence-electron chi connectivity index (χ2n) is 7.49. The maximum Gasteiger partial charge on any atom is 0.161 e. The Hall–Kier alpha value is -2.40. The molecule has 0 saturated carbocycles. The topological polar surface area (TPSA) is 40.2 Å². The van der Waals surface area contributed by atoms with Gasteiger partial charge in [-0.05, 0) is 59.4 Å². The van der Waals surface area contributed by atoms with Crippen LogP contribution in [0.1, 0.15) is 47.6 Å². The lowest BCUT2D eigenvalue weighted by Gasteiger charge is -2.46. The van der Waals surface area contributed by atoms with Crippen molar-refractivity contribution in [2.75, 3.05) is 35.0 Å². The van der Waals surface area contributed by atoms with Crippen molar-refractivity contribution in [2.24, 2.45) is 0 Å². The predicted octanol–water partition coefficient (Wildman–Crippen LogP) is 4.33. The Labute approximate surface area is 167 Å². The molecule has 5 nitrogen and oxygen atoms in total. The Bertz CT molecular complexity index is 879. The minimum absolute atomic E-state index is 0.333. The third kappa shape index (κ3) is 2.89. The van der Waals surface area contributed by atoms with Crippen molar-refractivity contribution < 1.29 is 18.9 Å². The molecule has 0 N–H and O–H groups in total. The van der Waals surface area contributed by atoms with Crippen molar-refractivity contribution in [3.05, 3.63) is 46.5 Å². The summed E-state index contributed by atoms with van der Waals surface area (Å²) in [6.45, 7) is 4.23. The highest BCUT2D eigenvalue weighted by atomic mass is 16.5. The van der Waals surface area contributed by atoms with Crippen LogP contribution in [0.2, 0.25) is 0 Å². The van der Waals surface area contributed by atoms with E-state index in [-0.39, 0.29) is 0 Å². The number of ether oxygens (including phenoxy) is 4. The molecule has 0 aromatic heterocycles. The van der Waals surface area contributed by atoms with Crippen LogP contribution in [0.25, 0.3) is 0 Å². The molecule has 2 aromatic carbocycles. The molecule has 2 atom stereocenters. The number of methoxy groups -OCH3 is 4. The van der Waals surface area contributed by atoms with Gasteiger partial charge in [0.1, 0.15) is 0 Å². The zero-order valence-electron chi connectivity index (χ0n) is 17.4. The fourth-order valence-electron chi connectivity index (χ4n) is 4.93. The van der Waals surface area contributed by atoms with Gasteiger partial charge in [0, 0.05) is 25.0 Å². The number of fused-ring (bicyclic) bond motifs is 4. The third-order valence-electron chi connectivity index (χ3n) is 6.27. The van der Waals surface area contributed by atoms with Gasteiger partial charge < -0.3 is 18.9 Å². The van der Waals surface area contributed by atoms with E-state index in [9.17, 15) is 0 Å². The van der Waals surface area contributed by atoms with Crippen molar-refractivity contribution in [1.82, 2.24) is 4.90 Å². The van der Waals surface area contributed by atoms with Crippen molar-refractivity contribution in [2.45, 2.75) is 38.3 Å². The summed E-state index contributed by atoms with van der Waals surface area (Å²) in [5.41, 5.74) is 5.42.